The molecule has 0 aliphatic heterocycles. The van der Waals surface area contributed by atoms with Gasteiger partial charge in [-0.1, -0.05) is 34.5 Å². The van der Waals surface area contributed by atoms with Gasteiger partial charge in [0.1, 0.15) is 5.78 Å². The maximum absolute atomic E-state index is 11.3. The van der Waals surface area contributed by atoms with E-state index in [1.165, 1.54) is 0 Å². The number of carboxylic acids is 1. The fourth-order valence-corrected chi connectivity index (χ4v) is 2.08. The Morgan fingerprint density at radius 2 is 1.73 bits per heavy atom. The standard InChI is InChI=1S/C16H19BrO5/c17-13-7-5-12(6-8-13)11-22-9-3-1-2-4-14(18)10-15(19)16(20)21/h5-8H,1-4,9-11H2,(H,20,21). The molecule has 0 bridgehead atoms. The molecule has 0 fully saturated rings. The minimum absolute atomic E-state index is 0.242. The Kier molecular flexibility index (Phi) is 8.62. The zero-order valence-corrected chi connectivity index (χ0v) is 13.8. The lowest BCUT2D eigenvalue weighted by Gasteiger charge is -2.04. The highest BCUT2D eigenvalue weighted by Crippen LogP contribution is 2.11. The predicted octanol–water partition coefficient (Wildman–Crippen LogP) is 3.14. The minimum Gasteiger partial charge on any atom is -0.475 e. The van der Waals surface area contributed by atoms with E-state index >= 15 is 0 Å². The zero-order chi connectivity index (χ0) is 16.4. The number of carbonyl (C=O) groups excluding carboxylic acids is 2. The number of ether oxygens (including phenoxy) is 1. The van der Waals surface area contributed by atoms with Crippen molar-refractivity contribution in [1.29, 1.82) is 0 Å². The van der Waals surface area contributed by atoms with Crippen LogP contribution >= 0.6 is 15.9 Å². The average molecular weight is 371 g/mol. The van der Waals surface area contributed by atoms with Gasteiger partial charge in [-0.2, -0.15) is 0 Å². The van der Waals surface area contributed by atoms with E-state index in [1.54, 1.807) is 0 Å². The Bertz CT molecular complexity index is 510. The highest BCUT2D eigenvalue weighted by Gasteiger charge is 2.15. The molecular formula is C16H19BrO5. The third kappa shape index (κ3) is 8.05. The van der Waals surface area contributed by atoms with E-state index in [0.29, 0.717) is 19.6 Å². The summed E-state index contributed by atoms with van der Waals surface area (Å²) in [6, 6.07) is 7.90. The number of halogens is 1. The number of benzene rings is 1. The third-order valence-electron chi connectivity index (χ3n) is 3.02. The summed E-state index contributed by atoms with van der Waals surface area (Å²) in [6.07, 6.45) is 2.03. The zero-order valence-electron chi connectivity index (χ0n) is 12.2. The normalized spacial score (nSPS) is 10.4. The molecule has 0 unspecified atom stereocenters. The molecule has 120 valence electrons. The molecule has 0 saturated heterocycles. The molecule has 6 heteroatoms. The number of unbranched alkanes of at least 4 members (excludes halogenated alkanes) is 2. The van der Waals surface area contributed by atoms with Crippen LogP contribution in [0.25, 0.3) is 0 Å². The first-order valence-electron chi connectivity index (χ1n) is 7.09. The lowest BCUT2D eigenvalue weighted by Crippen LogP contribution is -2.16. The largest absolute Gasteiger partial charge is 0.475 e. The van der Waals surface area contributed by atoms with E-state index < -0.39 is 18.2 Å². The van der Waals surface area contributed by atoms with E-state index in [1.807, 2.05) is 24.3 Å². The summed E-state index contributed by atoms with van der Waals surface area (Å²) < 4.78 is 6.56. The van der Waals surface area contributed by atoms with Crippen molar-refractivity contribution in [2.75, 3.05) is 6.61 Å². The lowest BCUT2D eigenvalue weighted by molar-refractivity contribution is -0.150. The molecule has 0 radical (unpaired) electrons. The van der Waals surface area contributed by atoms with Crippen LogP contribution in [0.2, 0.25) is 0 Å². The first-order valence-corrected chi connectivity index (χ1v) is 7.88. The van der Waals surface area contributed by atoms with Gasteiger partial charge in [0.15, 0.2) is 0 Å². The summed E-state index contributed by atoms with van der Waals surface area (Å²) in [5.74, 6) is -2.90. The molecule has 1 aromatic carbocycles. The van der Waals surface area contributed by atoms with E-state index in [-0.39, 0.29) is 12.2 Å². The van der Waals surface area contributed by atoms with Crippen molar-refractivity contribution in [3.05, 3.63) is 34.3 Å². The summed E-state index contributed by atoms with van der Waals surface area (Å²) in [7, 11) is 0. The molecule has 22 heavy (non-hydrogen) atoms. The quantitative estimate of drug-likeness (QED) is 0.367. The van der Waals surface area contributed by atoms with Gasteiger partial charge in [-0.3, -0.25) is 9.59 Å². The number of hydrogen-bond donors (Lipinski definition) is 1. The van der Waals surface area contributed by atoms with Crippen molar-refractivity contribution in [2.24, 2.45) is 0 Å². The van der Waals surface area contributed by atoms with Gasteiger partial charge >= 0.3 is 5.97 Å². The number of ketones is 2. The molecule has 0 saturated carbocycles. The molecule has 0 heterocycles. The fourth-order valence-electron chi connectivity index (χ4n) is 1.82. The Morgan fingerprint density at radius 3 is 2.36 bits per heavy atom. The van der Waals surface area contributed by atoms with E-state index in [0.717, 1.165) is 22.9 Å². The minimum atomic E-state index is -1.55. The Morgan fingerprint density at radius 1 is 1.05 bits per heavy atom. The second-order valence-electron chi connectivity index (χ2n) is 4.93. The fraction of sp³-hybridized carbons (Fsp3) is 0.438. The van der Waals surface area contributed by atoms with Crippen molar-refractivity contribution in [3.8, 4) is 0 Å². The molecule has 0 spiro atoms. The van der Waals surface area contributed by atoms with Crippen LogP contribution in [0.3, 0.4) is 0 Å². The van der Waals surface area contributed by atoms with Crippen molar-refractivity contribution in [1.82, 2.24) is 0 Å². The van der Waals surface area contributed by atoms with Crippen molar-refractivity contribution < 1.29 is 24.2 Å². The molecule has 0 atom stereocenters. The third-order valence-corrected chi connectivity index (χ3v) is 3.55. The molecular weight excluding hydrogens is 352 g/mol. The maximum atomic E-state index is 11.3. The van der Waals surface area contributed by atoms with Crippen LogP contribution in [0.15, 0.2) is 28.7 Å². The number of aliphatic carboxylic acids is 1. The summed E-state index contributed by atoms with van der Waals surface area (Å²) in [6.45, 7) is 1.16. The molecule has 0 aromatic heterocycles. The van der Waals surface area contributed by atoms with Gasteiger partial charge < -0.3 is 9.84 Å². The summed E-state index contributed by atoms with van der Waals surface area (Å²) >= 11 is 3.37. The van der Waals surface area contributed by atoms with Crippen molar-refractivity contribution in [3.63, 3.8) is 0 Å². The number of hydrogen-bond acceptors (Lipinski definition) is 4. The maximum Gasteiger partial charge on any atom is 0.372 e. The summed E-state index contributed by atoms with van der Waals surface area (Å²) in [5.41, 5.74) is 1.10. The van der Waals surface area contributed by atoms with Crippen LogP contribution in [-0.4, -0.2) is 29.2 Å². The van der Waals surface area contributed by atoms with Gasteiger partial charge in [0, 0.05) is 17.5 Å². The van der Waals surface area contributed by atoms with Crippen LogP contribution in [0.4, 0.5) is 0 Å². The summed E-state index contributed by atoms with van der Waals surface area (Å²) in [5, 5.41) is 8.39. The van der Waals surface area contributed by atoms with Gasteiger partial charge in [-0.25, -0.2) is 4.79 Å². The van der Waals surface area contributed by atoms with E-state index in [2.05, 4.69) is 15.9 Å². The highest BCUT2D eigenvalue weighted by atomic mass is 79.9. The van der Waals surface area contributed by atoms with Crippen LogP contribution in [0.5, 0.6) is 0 Å². The smallest absolute Gasteiger partial charge is 0.372 e. The number of carbonyl (C=O) groups is 3. The van der Waals surface area contributed by atoms with Crippen molar-refractivity contribution >= 4 is 33.5 Å². The number of Topliss-reactive ketones (excluding diaryl/α,β-unsaturated/α-hetero) is 2. The predicted molar refractivity (Wildman–Crippen MR) is 84.5 cm³/mol. The van der Waals surface area contributed by atoms with Crippen LogP contribution in [0.1, 0.15) is 37.7 Å². The number of rotatable bonds is 11. The van der Waals surface area contributed by atoms with Gasteiger partial charge in [0.2, 0.25) is 5.78 Å². The van der Waals surface area contributed by atoms with Crippen molar-refractivity contribution in [2.45, 2.75) is 38.7 Å². The average Bonchev–Trinajstić information content (AvgIpc) is 2.48. The molecule has 0 aliphatic rings. The van der Waals surface area contributed by atoms with E-state index in [9.17, 15) is 14.4 Å². The molecule has 1 aromatic rings. The highest BCUT2D eigenvalue weighted by molar-refractivity contribution is 9.10. The van der Waals surface area contributed by atoms with Crippen LogP contribution < -0.4 is 0 Å². The van der Waals surface area contributed by atoms with Gasteiger partial charge in [0.25, 0.3) is 0 Å². The molecule has 5 nitrogen and oxygen atoms in total. The van der Waals surface area contributed by atoms with Crippen LogP contribution in [-0.2, 0) is 25.7 Å². The molecule has 0 amide bonds. The van der Waals surface area contributed by atoms with Crippen LogP contribution in [0, 0.1) is 0 Å². The monoisotopic (exact) mass is 370 g/mol. The molecule has 0 aliphatic carbocycles. The molecule has 1 N–H and O–H groups in total. The Labute approximate surface area is 137 Å². The Hall–Kier alpha value is -1.53. The van der Waals surface area contributed by atoms with E-state index in [4.69, 9.17) is 9.84 Å². The summed E-state index contributed by atoms with van der Waals surface area (Å²) in [4.78, 5) is 32.5. The SMILES string of the molecule is O=C(CCCCCOCc1ccc(Br)cc1)CC(=O)C(=O)O. The topological polar surface area (TPSA) is 80.7 Å². The van der Waals surface area contributed by atoms with Gasteiger partial charge in [-0.05, 0) is 30.5 Å². The second kappa shape index (κ2) is 10.2. The van der Waals surface area contributed by atoms with Gasteiger partial charge in [0.05, 0.1) is 13.0 Å². The molecule has 1 rings (SSSR count). The first kappa shape index (κ1) is 18.5. The Balaban J connectivity index is 2.01. The first-order chi connectivity index (χ1) is 10.5. The van der Waals surface area contributed by atoms with Gasteiger partial charge in [-0.15, -0.1) is 0 Å². The lowest BCUT2D eigenvalue weighted by atomic mass is 10.1. The number of carboxylic acid groups (broad SMARTS) is 1. The second-order valence-corrected chi connectivity index (χ2v) is 5.85.